The highest BCUT2D eigenvalue weighted by atomic mass is 16.5. The molecule has 1 heteroatoms. The maximum atomic E-state index is 5.34. The summed E-state index contributed by atoms with van der Waals surface area (Å²) in [6.45, 7) is 1.82. The van der Waals surface area contributed by atoms with Crippen LogP contribution < -0.4 is 0 Å². The third-order valence-electron chi connectivity index (χ3n) is 2.22. The molecule has 0 aromatic heterocycles. The van der Waals surface area contributed by atoms with Gasteiger partial charge in [-0.05, 0) is 18.4 Å². The van der Waals surface area contributed by atoms with Crippen LogP contribution in [0.2, 0.25) is 0 Å². The molecule has 1 fully saturated rings. The molecule has 0 aromatic carbocycles. The molecule has 0 radical (unpaired) electrons. The molecule has 10 heavy (non-hydrogen) atoms. The summed E-state index contributed by atoms with van der Waals surface area (Å²) in [6.07, 6.45) is 9.11. The fourth-order valence-electron chi connectivity index (χ4n) is 1.57. The molecule has 0 unspecified atom stereocenters. The van der Waals surface area contributed by atoms with Crippen molar-refractivity contribution in [2.75, 3.05) is 13.2 Å². The minimum Gasteiger partial charge on any atom is -0.376 e. The van der Waals surface area contributed by atoms with E-state index in [1.165, 1.54) is 12.0 Å². The van der Waals surface area contributed by atoms with Gasteiger partial charge in [-0.1, -0.05) is 18.2 Å². The second kappa shape index (κ2) is 2.59. The van der Waals surface area contributed by atoms with Crippen molar-refractivity contribution in [3.63, 3.8) is 0 Å². The van der Waals surface area contributed by atoms with E-state index in [0.717, 1.165) is 19.6 Å². The zero-order valence-corrected chi connectivity index (χ0v) is 6.05. The molecule has 0 saturated carbocycles. The lowest BCUT2D eigenvalue weighted by Crippen LogP contribution is -1.98. The molecule has 0 bridgehead atoms. The standard InChI is InChI=1S/C9H12O/c1-2-4-8-6-10-7-9(8)5-3-1/h1-2,5,8H,3-4,6-7H2/t8-/m0/s1. The second-order valence-corrected chi connectivity index (χ2v) is 2.93. The van der Waals surface area contributed by atoms with Crippen LogP contribution in [-0.2, 0) is 4.74 Å². The van der Waals surface area contributed by atoms with Gasteiger partial charge in [0.25, 0.3) is 0 Å². The van der Waals surface area contributed by atoms with E-state index in [9.17, 15) is 0 Å². The van der Waals surface area contributed by atoms with Crippen molar-refractivity contribution in [2.45, 2.75) is 12.8 Å². The van der Waals surface area contributed by atoms with Crippen LogP contribution in [0.15, 0.2) is 23.8 Å². The molecule has 0 N–H and O–H groups in total. The summed E-state index contributed by atoms with van der Waals surface area (Å²) in [5, 5.41) is 0. The van der Waals surface area contributed by atoms with Gasteiger partial charge in [-0.25, -0.2) is 0 Å². The molecular weight excluding hydrogens is 124 g/mol. The van der Waals surface area contributed by atoms with Gasteiger partial charge in [0, 0.05) is 5.92 Å². The zero-order chi connectivity index (χ0) is 6.81. The van der Waals surface area contributed by atoms with Crippen LogP contribution in [-0.4, -0.2) is 13.2 Å². The second-order valence-electron chi connectivity index (χ2n) is 2.93. The topological polar surface area (TPSA) is 9.23 Å². The molecule has 0 amide bonds. The van der Waals surface area contributed by atoms with Crippen molar-refractivity contribution in [3.05, 3.63) is 23.8 Å². The monoisotopic (exact) mass is 136 g/mol. The van der Waals surface area contributed by atoms with Crippen LogP contribution in [0.3, 0.4) is 0 Å². The van der Waals surface area contributed by atoms with Gasteiger partial charge in [0.15, 0.2) is 0 Å². The van der Waals surface area contributed by atoms with E-state index in [1.54, 1.807) is 0 Å². The third-order valence-corrected chi connectivity index (χ3v) is 2.22. The van der Waals surface area contributed by atoms with E-state index in [0.29, 0.717) is 5.92 Å². The van der Waals surface area contributed by atoms with E-state index >= 15 is 0 Å². The van der Waals surface area contributed by atoms with Gasteiger partial charge < -0.3 is 4.74 Å². The third kappa shape index (κ3) is 1.01. The van der Waals surface area contributed by atoms with Gasteiger partial charge in [0.05, 0.1) is 13.2 Å². The number of hydrogen-bond donors (Lipinski definition) is 0. The Morgan fingerprint density at radius 2 is 2.40 bits per heavy atom. The highest BCUT2D eigenvalue weighted by Gasteiger charge is 2.20. The average Bonchev–Trinajstić information content (AvgIpc) is 2.28. The van der Waals surface area contributed by atoms with Crippen LogP contribution in [0.1, 0.15) is 12.8 Å². The summed E-state index contributed by atoms with van der Waals surface area (Å²) in [6, 6.07) is 0. The summed E-state index contributed by atoms with van der Waals surface area (Å²) in [7, 11) is 0. The molecule has 1 saturated heterocycles. The highest BCUT2D eigenvalue weighted by molar-refractivity contribution is 5.16. The Hall–Kier alpha value is -0.560. The summed E-state index contributed by atoms with van der Waals surface area (Å²) >= 11 is 0. The molecule has 54 valence electrons. The van der Waals surface area contributed by atoms with Gasteiger partial charge in [-0.15, -0.1) is 0 Å². The van der Waals surface area contributed by atoms with Crippen molar-refractivity contribution >= 4 is 0 Å². The number of allylic oxidation sites excluding steroid dienone is 3. The molecule has 0 aromatic rings. The summed E-state index contributed by atoms with van der Waals surface area (Å²) in [5.41, 5.74) is 1.52. The van der Waals surface area contributed by atoms with Crippen molar-refractivity contribution in [2.24, 2.45) is 5.92 Å². The molecule has 1 aliphatic carbocycles. The number of fused-ring (bicyclic) bond motifs is 1. The molecule has 1 aliphatic heterocycles. The van der Waals surface area contributed by atoms with Crippen molar-refractivity contribution in [1.82, 2.24) is 0 Å². The van der Waals surface area contributed by atoms with Gasteiger partial charge in [-0.3, -0.25) is 0 Å². The van der Waals surface area contributed by atoms with E-state index < -0.39 is 0 Å². The lowest BCUT2D eigenvalue weighted by atomic mass is 10.0. The lowest BCUT2D eigenvalue weighted by Gasteiger charge is -2.02. The van der Waals surface area contributed by atoms with Gasteiger partial charge in [0.1, 0.15) is 0 Å². The Labute approximate surface area is 61.4 Å². The fraction of sp³-hybridized carbons (Fsp3) is 0.556. The fourth-order valence-corrected chi connectivity index (χ4v) is 1.57. The van der Waals surface area contributed by atoms with Crippen LogP contribution in [0, 0.1) is 5.92 Å². The molecule has 1 nitrogen and oxygen atoms in total. The van der Waals surface area contributed by atoms with Crippen LogP contribution >= 0.6 is 0 Å². The Bertz CT molecular complexity index is 179. The molecule has 2 rings (SSSR count). The Morgan fingerprint density at radius 3 is 3.40 bits per heavy atom. The van der Waals surface area contributed by atoms with Gasteiger partial charge in [-0.2, -0.15) is 0 Å². The van der Waals surface area contributed by atoms with Crippen molar-refractivity contribution in [1.29, 1.82) is 0 Å². The maximum absolute atomic E-state index is 5.34. The largest absolute Gasteiger partial charge is 0.376 e. The number of ether oxygens (including phenoxy) is 1. The normalized spacial score (nSPS) is 31.2. The number of rotatable bonds is 0. The molecule has 2 aliphatic rings. The van der Waals surface area contributed by atoms with Crippen LogP contribution in [0.25, 0.3) is 0 Å². The van der Waals surface area contributed by atoms with E-state index in [4.69, 9.17) is 4.74 Å². The zero-order valence-electron chi connectivity index (χ0n) is 6.05. The van der Waals surface area contributed by atoms with Gasteiger partial charge >= 0.3 is 0 Å². The predicted octanol–water partition coefficient (Wildman–Crippen LogP) is 1.91. The van der Waals surface area contributed by atoms with E-state index in [-0.39, 0.29) is 0 Å². The summed E-state index contributed by atoms with van der Waals surface area (Å²) in [5.74, 6) is 0.707. The average molecular weight is 136 g/mol. The number of hydrogen-bond acceptors (Lipinski definition) is 1. The van der Waals surface area contributed by atoms with E-state index in [2.05, 4.69) is 18.2 Å². The first-order chi connectivity index (χ1) is 4.97. The minimum atomic E-state index is 0.707. The van der Waals surface area contributed by atoms with Crippen molar-refractivity contribution in [3.8, 4) is 0 Å². The SMILES string of the molecule is C1=CC[C@H]2COCC2=CC1. The quantitative estimate of drug-likeness (QED) is 0.462. The lowest BCUT2D eigenvalue weighted by molar-refractivity contribution is 0.188. The smallest absolute Gasteiger partial charge is 0.0680 e. The Kier molecular flexibility index (Phi) is 1.60. The Morgan fingerprint density at radius 1 is 1.40 bits per heavy atom. The Balaban J connectivity index is 2.17. The molecule has 0 spiro atoms. The maximum Gasteiger partial charge on any atom is 0.0680 e. The summed E-state index contributed by atoms with van der Waals surface area (Å²) < 4.78 is 5.34. The van der Waals surface area contributed by atoms with Crippen LogP contribution in [0.5, 0.6) is 0 Å². The summed E-state index contributed by atoms with van der Waals surface area (Å²) in [4.78, 5) is 0. The first-order valence-corrected chi connectivity index (χ1v) is 3.88. The van der Waals surface area contributed by atoms with Gasteiger partial charge in [0.2, 0.25) is 0 Å². The first-order valence-electron chi connectivity index (χ1n) is 3.88. The highest BCUT2D eigenvalue weighted by Crippen LogP contribution is 2.25. The predicted molar refractivity (Wildman–Crippen MR) is 40.8 cm³/mol. The molecule has 1 atom stereocenters. The first kappa shape index (κ1) is 6.17. The van der Waals surface area contributed by atoms with Crippen molar-refractivity contribution < 1.29 is 4.74 Å². The molecular formula is C9H12O. The van der Waals surface area contributed by atoms with Crippen LogP contribution in [0.4, 0.5) is 0 Å². The molecule has 1 heterocycles. The minimum absolute atomic E-state index is 0.707. The van der Waals surface area contributed by atoms with E-state index in [1.807, 2.05) is 0 Å².